The summed E-state index contributed by atoms with van der Waals surface area (Å²) in [7, 11) is 1.67. The van der Waals surface area contributed by atoms with Crippen LogP contribution in [0.5, 0.6) is 0 Å². The Morgan fingerprint density at radius 3 is 2.72 bits per heavy atom. The smallest absolute Gasteiger partial charge is 0.264 e. The van der Waals surface area contributed by atoms with Crippen molar-refractivity contribution in [2.75, 3.05) is 44.7 Å². The average molecular weight is 500 g/mol. The zero-order valence-corrected chi connectivity index (χ0v) is 20.9. The van der Waals surface area contributed by atoms with Gasteiger partial charge in [0.2, 0.25) is 5.91 Å². The molecule has 4 rings (SSSR count). The van der Waals surface area contributed by atoms with Crippen LogP contribution >= 0.6 is 0 Å². The van der Waals surface area contributed by atoms with E-state index < -0.39 is 6.43 Å². The van der Waals surface area contributed by atoms with Crippen molar-refractivity contribution in [3.8, 4) is 0 Å². The Bertz CT molecular complexity index is 1090. The maximum Gasteiger partial charge on any atom is 0.264 e. The fraction of sp³-hybridized carbons (Fsp3) is 0.500. The number of fused-ring (bicyclic) bond motifs is 1. The molecule has 3 aliphatic rings. The monoisotopic (exact) mass is 499 g/mol. The van der Waals surface area contributed by atoms with Gasteiger partial charge in [-0.15, -0.1) is 0 Å². The molecule has 1 fully saturated rings. The predicted octanol–water partition coefficient (Wildman–Crippen LogP) is 3.02. The van der Waals surface area contributed by atoms with Gasteiger partial charge in [-0.2, -0.15) is 0 Å². The molecule has 5 N–H and O–H groups in total. The normalized spacial score (nSPS) is 20.5. The lowest BCUT2D eigenvalue weighted by Crippen LogP contribution is -2.46. The number of hydrogen-bond donors (Lipinski definition) is 5. The number of anilines is 1. The quantitative estimate of drug-likeness (QED) is 0.293. The van der Waals surface area contributed by atoms with E-state index in [1.165, 1.54) is 13.0 Å². The summed E-state index contributed by atoms with van der Waals surface area (Å²) in [6, 6.07) is 3.49. The third-order valence-electron chi connectivity index (χ3n) is 7.16. The molecule has 194 valence electrons. The second-order valence-electron chi connectivity index (χ2n) is 9.49. The minimum Gasteiger partial charge on any atom is -0.393 e. The third-order valence-corrected chi connectivity index (χ3v) is 7.16. The lowest BCUT2D eigenvalue weighted by atomic mass is 9.91. The van der Waals surface area contributed by atoms with Crippen LogP contribution in [0.4, 0.5) is 14.5 Å². The molecular weight excluding hydrogens is 464 g/mol. The van der Waals surface area contributed by atoms with Crippen molar-refractivity contribution < 1.29 is 13.6 Å². The SMILES string of the molecule is CN/C=C(\C=N)c1cc2c(cc1C(F)F)N(C(=N)C1=C(NC3CCNC3)CCN(C(C)=O)C1)CCC2. The van der Waals surface area contributed by atoms with Crippen LogP contribution in [0.2, 0.25) is 0 Å². The maximum atomic E-state index is 14.2. The number of carbonyl (C=O) groups excluding carboxylic acids is 1. The van der Waals surface area contributed by atoms with Gasteiger partial charge in [-0.3, -0.25) is 10.2 Å². The fourth-order valence-electron chi connectivity index (χ4n) is 5.26. The molecule has 10 heteroatoms. The number of hydrogen-bond acceptors (Lipinski definition) is 6. The van der Waals surface area contributed by atoms with Gasteiger partial charge in [0.25, 0.3) is 6.43 Å². The maximum absolute atomic E-state index is 14.2. The van der Waals surface area contributed by atoms with Crippen molar-refractivity contribution in [2.24, 2.45) is 0 Å². The first-order chi connectivity index (χ1) is 17.3. The van der Waals surface area contributed by atoms with Gasteiger partial charge >= 0.3 is 0 Å². The molecule has 0 bridgehead atoms. The van der Waals surface area contributed by atoms with E-state index >= 15 is 0 Å². The second-order valence-corrected chi connectivity index (χ2v) is 9.49. The number of halogens is 2. The van der Waals surface area contributed by atoms with E-state index in [2.05, 4.69) is 16.0 Å². The van der Waals surface area contributed by atoms with E-state index in [-0.39, 0.29) is 23.3 Å². The van der Waals surface area contributed by atoms with Crippen LogP contribution in [-0.2, 0) is 11.2 Å². The van der Waals surface area contributed by atoms with Crippen LogP contribution in [0.25, 0.3) is 5.57 Å². The van der Waals surface area contributed by atoms with Crippen LogP contribution in [0.15, 0.2) is 29.6 Å². The first-order valence-electron chi connectivity index (χ1n) is 12.5. The van der Waals surface area contributed by atoms with Gasteiger partial charge in [-0.05, 0) is 49.1 Å². The highest BCUT2D eigenvalue weighted by atomic mass is 19.3. The number of alkyl halides is 2. The van der Waals surface area contributed by atoms with Crippen molar-refractivity contribution in [1.82, 2.24) is 20.9 Å². The van der Waals surface area contributed by atoms with Gasteiger partial charge in [-0.1, -0.05) is 0 Å². The summed E-state index contributed by atoms with van der Waals surface area (Å²) < 4.78 is 28.4. The molecule has 1 aromatic carbocycles. The summed E-state index contributed by atoms with van der Waals surface area (Å²) in [5, 5.41) is 26.7. The molecule has 0 aromatic heterocycles. The standard InChI is InChI=1S/C26H35F2N7O/c1-16(36)34-9-6-23(33-19-5-7-32-14-19)22(15-34)26(30)35-8-3-4-17-10-20(18(12-29)13-31-2)21(25(27)28)11-24(17)35/h10-13,19,25,29-33H,3-9,14-15H2,1-2H3/b18-13+,29-12?,30-26?. The van der Waals surface area contributed by atoms with Crippen LogP contribution in [0, 0.1) is 10.8 Å². The predicted molar refractivity (Wildman–Crippen MR) is 139 cm³/mol. The lowest BCUT2D eigenvalue weighted by Gasteiger charge is -2.38. The van der Waals surface area contributed by atoms with Crippen LogP contribution in [0.1, 0.15) is 49.3 Å². The van der Waals surface area contributed by atoms with Crippen molar-refractivity contribution in [3.05, 3.63) is 46.3 Å². The summed E-state index contributed by atoms with van der Waals surface area (Å²) >= 11 is 0. The van der Waals surface area contributed by atoms with Crippen molar-refractivity contribution in [1.29, 1.82) is 10.8 Å². The number of nitrogens with one attached hydrogen (secondary N) is 5. The first kappa shape index (κ1) is 25.8. The number of carbonyl (C=O) groups is 1. The van der Waals surface area contributed by atoms with Crippen molar-refractivity contribution in [3.63, 3.8) is 0 Å². The van der Waals surface area contributed by atoms with Gasteiger partial charge in [0, 0.05) is 86.6 Å². The second kappa shape index (κ2) is 11.2. The van der Waals surface area contributed by atoms with Gasteiger partial charge in [-0.25, -0.2) is 8.78 Å². The van der Waals surface area contributed by atoms with Gasteiger partial charge < -0.3 is 31.2 Å². The highest BCUT2D eigenvalue weighted by Gasteiger charge is 2.31. The summed E-state index contributed by atoms with van der Waals surface area (Å²) in [6.45, 7) is 4.78. The number of amides is 1. The number of rotatable bonds is 7. The number of allylic oxidation sites excluding steroid dienone is 1. The highest BCUT2D eigenvalue weighted by Crippen LogP contribution is 2.37. The molecule has 0 aliphatic carbocycles. The molecule has 1 atom stereocenters. The summed E-state index contributed by atoms with van der Waals surface area (Å²) in [4.78, 5) is 15.7. The molecule has 1 amide bonds. The summed E-state index contributed by atoms with van der Waals surface area (Å²) in [5.41, 5.74) is 3.75. The van der Waals surface area contributed by atoms with Crippen LogP contribution < -0.4 is 20.9 Å². The van der Waals surface area contributed by atoms with Crippen molar-refractivity contribution >= 4 is 29.2 Å². The highest BCUT2D eigenvalue weighted by molar-refractivity contribution is 6.11. The molecule has 0 saturated carbocycles. The molecule has 1 saturated heterocycles. The van der Waals surface area contributed by atoms with Gasteiger partial charge in [0.1, 0.15) is 5.84 Å². The van der Waals surface area contributed by atoms with E-state index in [1.807, 2.05) is 4.90 Å². The van der Waals surface area contributed by atoms with Crippen molar-refractivity contribution in [2.45, 2.75) is 45.1 Å². The molecule has 8 nitrogen and oxygen atoms in total. The largest absolute Gasteiger partial charge is 0.393 e. The molecule has 0 spiro atoms. The zero-order valence-electron chi connectivity index (χ0n) is 20.9. The molecule has 36 heavy (non-hydrogen) atoms. The Morgan fingerprint density at radius 2 is 2.08 bits per heavy atom. The minimum absolute atomic E-state index is 0.0407. The fourth-order valence-corrected chi connectivity index (χ4v) is 5.26. The van der Waals surface area contributed by atoms with E-state index in [0.29, 0.717) is 49.3 Å². The van der Waals surface area contributed by atoms with Gasteiger partial charge in [0.05, 0.1) is 6.54 Å². The average Bonchev–Trinajstić information content (AvgIpc) is 3.39. The minimum atomic E-state index is -2.72. The Morgan fingerprint density at radius 1 is 1.28 bits per heavy atom. The Kier molecular flexibility index (Phi) is 8.03. The number of amidine groups is 1. The molecule has 3 heterocycles. The van der Waals surface area contributed by atoms with E-state index in [1.54, 1.807) is 24.2 Å². The Labute approximate surface area is 210 Å². The molecule has 1 unspecified atom stereocenters. The van der Waals surface area contributed by atoms with Crippen LogP contribution in [-0.4, -0.2) is 68.7 Å². The Balaban J connectivity index is 1.74. The topological polar surface area (TPSA) is 107 Å². The summed E-state index contributed by atoms with van der Waals surface area (Å²) in [5.74, 6) is 0.211. The lowest BCUT2D eigenvalue weighted by molar-refractivity contribution is -0.128. The van der Waals surface area contributed by atoms with E-state index in [4.69, 9.17) is 5.41 Å². The first-order valence-corrected chi connectivity index (χ1v) is 12.5. The third kappa shape index (κ3) is 5.28. The molecule has 3 aliphatic heterocycles. The number of benzene rings is 1. The van der Waals surface area contributed by atoms with E-state index in [0.717, 1.165) is 49.0 Å². The zero-order chi connectivity index (χ0) is 25.8. The van der Waals surface area contributed by atoms with Gasteiger partial charge in [0.15, 0.2) is 0 Å². The number of aryl methyl sites for hydroxylation is 1. The molecule has 1 aromatic rings. The van der Waals surface area contributed by atoms with E-state index in [9.17, 15) is 19.0 Å². The number of nitrogens with zero attached hydrogens (tertiary/aromatic N) is 2. The molecule has 0 radical (unpaired) electrons. The Hall–Kier alpha value is -3.27. The molecular formula is C26H35F2N7O. The van der Waals surface area contributed by atoms with Crippen LogP contribution in [0.3, 0.4) is 0 Å². The summed E-state index contributed by atoms with van der Waals surface area (Å²) in [6.07, 6.45) is 3.00.